The van der Waals surface area contributed by atoms with Gasteiger partial charge in [0, 0.05) is 13.1 Å². The van der Waals surface area contributed by atoms with E-state index in [0.717, 1.165) is 12.0 Å². The first-order chi connectivity index (χ1) is 17.3. The Morgan fingerprint density at radius 2 is 1.76 bits per heavy atom. The summed E-state index contributed by atoms with van der Waals surface area (Å²) in [5, 5.41) is 5.51. The van der Waals surface area contributed by atoms with Gasteiger partial charge in [-0.15, -0.1) is 0 Å². The van der Waals surface area contributed by atoms with Gasteiger partial charge in [0.2, 0.25) is 11.8 Å². The lowest BCUT2D eigenvalue weighted by atomic mass is 9.97. The Labute approximate surface area is 221 Å². The zero-order valence-corrected chi connectivity index (χ0v) is 23.7. The molecule has 2 unspecified atom stereocenters. The van der Waals surface area contributed by atoms with E-state index >= 15 is 0 Å². The molecule has 0 fully saturated rings. The van der Waals surface area contributed by atoms with E-state index in [-0.39, 0.29) is 31.4 Å². The predicted octanol–water partition coefficient (Wildman–Crippen LogP) is 4.28. The molecule has 0 aliphatic rings. The topological polar surface area (TPSA) is 114 Å². The summed E-state index contributed by atoms with van der Waals surface area (Å²) in [6.07, 6.45) is 0.806. The van der Waals surface area contributed by atoms with Crippen molar-refractivity contribution in [3.05, 3.63) is 35.4 Å². The molecule has 0 aliphatic heterocycles. The number of rotatable bonds is 13. The number of benzene rings is 1. The van der Waals surface area contributed by atoms with E-state index in [9.17, 15) is 19.2 Å². The van der Waals surface area contributed by atoms with Crippen LogP contribution in [0.4, 0.5) is 4.79 Å². The van der Waals surface area contributed by atoms with Crippen LogP contribution in [0.2, 0.25) is 0 Å². The van der Waals surface area contributed by atoms with Crippen LogP contribution < -0.4 is 10.6 Å². The van der Waals surface area contributed by atoms with Crippen LogP contribution in [0.1, 0.15) is 84.9 Å². The molecule has 0 heterocycles. The van der Waals surface area contributed by atoms with E-state index in [4.69, 9.17) is 9.47 Å². The van der Waals surface area contributed by atoms with Crippen LogP contribution in [-0.2, 0) is 23.9 Å². The number of unbranched alkanes of at least 4 members (excludes halogenated alkanes) is 1. The van der Waals surface area contributed by atoms with Crippen LogP contribution in [0.25, 0.3) is 0 Å². The SMILES string of the molecule is CCCCN(C(=O)C(NC(=O)OC(C)(C)C)C(C)C)C(C(=O)NCCC(=O)OCC)c1cccc(C)c1. The Morgan fingerprint density at radius 3 is 2.30 bits per heavy atom. The van der Waals surface area contributed by atoms with Gasteiger partial charge in [-0.1, -0.05) is 57.0 Å². The van der Waals surface area contributed by atoms with E-state index in [0.29, 0.717) is 18.5 Å². The molecular weight excluding hydrogens is 474 g/mol. The summed E-state index contributed by atoms with van der Waals surface area (Å²) in [7, 11) is 0. The summed E-state index contributed by atoms with van der Waals surface area (Å²) < 4.78 is 10.3. The molecule has 0 saturated carbocycles. The van der Waals surface area contributed by atoms with Crippen molar-refractivity contribution >= 4 is 23.9 Å². The van der Waals surface area contributed by atoms with E-state index in [1.807, 2.05) is 45.9 Å². The maximum absolute atomic E-state index is 14.0. The number of hydrogen-bond acceptors (Lipinski definition) is 6. The molecule has 1 rings (SSSR count). The third kappa shape index (κ3) is 11.2. The first kappa shape index (κ1) is 31.9. The van der Waals surface area contributed by atoms with Crippen molar-refractivity contribution in [2.24, 2.45) is 5.92 Å². The standard InChI is InChI=1S/C28H45N3O6/c1-9-11-17-31(26(34)23(19(3)4)30-27(35)37-28(6,7)8)24(21-14-12-13-20(5)18-21)25(33)29-16-15-22(32)36-10-2/h12-14,18-19,23-24H,9-11,15-17H2,1-8H3,(H,29,33)(H,30,35). The summed E-state index contributed by atoms with van der Waals surface area (Å²) in [6.45, 7) is 15.2. The van der Waals surface area contributed by atoms with Gasteiger partial charge in [0.15, 0.2) is 0 Å². The minimum absolute atomic E-state index is 0.0256. The number of aryl methyl sites for hydroxylation is 1. The van der Waals surface area contributed by atoms with Crippen molar-refractivity contribution in [1.29, 1.82) is 0 Å². The molecule has 208 valence electrons. The average molecular weight is 520 g/mol. The third-order valence-corrected chi connectivity index (χ3v) is 5.49. The normalized spacial score (nSPS) is 12.9. The fourth-order valence-corrected chi connectivity index (χ4v) is 3.75. The Kier molecular flexibility index (Phi) is 13.1. The minimum atomic E-state index is -0.942. The number of nitrogens with one attached hydrogen (secondary N) is 2. The van der Waals surface area contributed by atoms with E-state index in [1.165, 1.54) is 4.90 Å². The van der Waals surface area contributed by atoms with Crippen molar-refractivity contribution in [1.82, 2.24) is 15.5 Å². The second-order valence-electron chi connectivity index (χ2n) is 10.4. The number of ether oxygens (including phenoxy) is 2. The van der Waals surface area contributed by atoms with Crippen LogP contribution >= 0.6 is 0 Å². The lowest BCUT2D eigenvalue weighted by molar-refractivity contribution is -0.144. The molecule has 0 aromatic heterocycles. The maximum atomic E-state index is 14.0. The highest BCUT2D eigenvalue weighted by Crippen LogP contribution is 2.25. The fourth-order valence-electron chi connectivity index (χ4n) is 3.75. The first-order valence-electron chi connectivity index (χ1n) is 13.1. The Bertz CT molecular complexity index is 909. The van der Waals surface area contributed by atoms with E-state index in [2.05, 4.69) is 10.6 Å². The quantitative estimate of drug-likeness (QED) is 0.376. The van der Waals surface area contributed by atoms with Crippen molar-refractivity contribution < 1.29 is 28.7 Å². The maximum Gasteiger partial charge on any atom is 0.408 e. The van der Waals surface area contributed by atoms with Crippen molar-refractivity contribution in [3.63, 3.8) is 0 Å². The monoisotopic (exact) mass is 519 g/mol. The highest BCUT2D eigenvalue weighted by Gasteiger charge is 2.37. The number of alkyl carbamates (subject to hydrolysis) is 1. The zero-order valence-electron chi connectivity index (χ0n) is 23.7. The van der Waals surface area contributed by atoms with Crippen LogP contribution in [0.5, 0.6) is 0 Å². The van der Waals surface area contributed by atoms with Crippen LogP contribution in [0.15, 0.2) is 24.3 Å². The molecule has 0 spiro atoms. The summed E-state index contributed by atoms with van der Waals surface area (Å²) in [6, 6.07) is 5.59. The summed E-state index contributed by atoms with van der Waals surface area (Å²) >= 11 is 0. The summed E-state index contributed by atoms with van der Waals surface area (Å²) in [4.78, 5) is 53.4. The number of esters is 1. The van der Waals surface area contributed by atoms with Gasteiger partial charge in [-0.3, -0.25) is 14.4 Å². The Hall–Kier alpha value is -3.10. The Balaban J connectivity index is 3.36. The second kappa shape index (κ2) is 15.2. The second-order valence-corrected chi connectivity index (χ2v) is 10.4. The molecular formula is C28H45N3O6. The number of carbonyl (C=O) groups excluding carboxylic acids is 4. The molecule has 0 aliphatic carbocycles. The van der Waals surface area contributed by atoms with Crippen molar-refractivity contribution in [3.8, 4) is 0 Å². The summed E-state index contributed by atoms with van der Waals surface area (Å²) in [5.74, 6) is -1.44. The van der Waals surface area contributed by atoms with E-state index < -0.39 is 35.7 Å². The molecule has 2 N–H and O–H groups in total. The molecule has 0 radical (unpaired) electrons. The zero-order chi connectivity index (χ0) is 28.2. The highest BCUT2D eigenvalue weighted by molar-refractivity contribution is 5.92. The highest BCUT2D eigenvalue weighted by atomic mass is 16.6. The molecule has 0 bridgehead atoms. The van der Waals surface area contributed by atoms with Gasteiger partial charge in [0.05, 0.1) is 13.0 Å². The first-order valence-corrected chi connectivity index (χ1v) is 13.1. The molecule has 2 atom stereocenters. The van der Waals surface area contributed by atoms with Crippen LogP contribution in [0, 0.1) is 12.8 Å². The van der Waals surface area contributed by atoms with Gasteiger partial charge in [-0.25, -0.2) is 4.79 Å². The van der Waals surface area contributed by atoms with Gasteiger partial charge < -0.3 is 25.0 Å². The molecule has 0 saturated heterocycles. The van der Waals surface area contributed by atoms with Gasteiger partial charge in [-0.2, -0.15) is 0 Å². The third-order valence-electron chi connectivity index (χ3n) is 5.49. The van der Waals surface area contributed by atoms with Gasteiger partial charge >= 0.3 is 12.1 Å². The van der Waals surface area contributed by atoms with Crippen LogP contribution in [0.3, 0.4) is 0 Å². The molecule has 9 nitrogen and oxygen atoms in total. The largest absolute Gasteiger partial charge is 0.466 e. The lowest BCUT2D eigenvalue weighted by Gasteiger charge is -2.35. The number of hydrogen-bond donors (Lipinski definition) is 2. The fraction of sp³-hybridized carbons (Fsp3) is 0.643. The van der Waals surface area contributed by atoms with Gasteiger partial charge in [0.1, 0.15) is 17.7 Å². The number of nitrogens with zero attached hydrogens (tertiary/aromatic N) is 1. The summed E-state index contributed by atoms with van der Waals surface area (Å²) in [5.41, 5.74) is 0.870. The van der Waals surface area contributed by atoms with Crippen molar-refractivity contribution in [2.75, 3.05) is 19.7 Å². The average Bonchev–Trinajstić information content (AvgIpc) is 2.78. The van der Waals surface area contributed by atoms with Crippen molar-refractivity contribution in [2.45, 2.75) is 92.3 Å². The molecule has 3 amide bonds. The molecule has 1 aromatic carbocycles. The molecule has 1 aromatic rings. The van der Waals surface area contributed by atoms with Crippen LogP contribution in [-0.4, -0.2) is 60.1 Å². The van der Waals surface area contributed by atoms with Gasteiger partial charge in [0.25, 0.3) is 0 Å². The Morgan fingerprint density at radius 1 is 1.08 bits per heavy atom. The number of carbonyl (C=O) groups is 4. The predicted molar refractivity (Wildman–Crippen MR) is 143 cm³/mol. The lowest BCUT2D eigenvalue weighted by Crippen LogP contribution is -2.55. The minimum Gasteiger partial charge on any atom is -0.466 e. The molecule has 9 heteroatoms. The number of amides is 3. The smallest absolute Gasteiger partial charge is 0.408 e. The van der Waals surface area contributed by atoms with Gasteiger partial charge in [-0.05, 0) is 52.5 Å². The van der Waals surface area contributed by atoms with E-state index in [1.54, 1.807) is 33.8 Å². The molecule has 37 heavy (non-hydrogen) atoms.